The second-order valence-electron chi connectivity index (χ2n) is 5.44. The van der Waals surface area contributed by atoms with Crippen molar-refractivity contribution in [1.29, 1.82) is 0 Å². The molecule has 4 nitrogen and oxygen atoms in total. The Morgan fingerprint density at radius 1 is 1.11 bits per heavy atom. The first kappa shape index (κ1) is 13.5. The number of methoxy groups -OCH3 is 2. The van der Waals surface area contributed by atoms with Gasteiger partial charge in [-0.25, -0.2) is 4.57 Å². The molecule has 19 heavy (non-hydrogen) atoms. The number of hydrogen-bond donors (Lipinski definition) is 0. The highest BCUT2D eigenvalue weighted by atomic mass is 16.5. The van der Waals surface area contributed by atoms with Gasteiger partial charge in [0.1, 0.15) is 23.7 Å². The zero-order valence-corrected chi connectivity index (χ0v) is 12.2. The van der Waals surface area contributed by atoms with Crippen molar-refractivity contribution < 1.29 is 14.0 Å². The van der Waals surface area contributed by atoms with E-state index in [0.29, 0.717) is 0 Å². The number of imidazole rings is 1. The van der Waals surface area contributed by atoms with E-state index in [9.17, 15) is 0 Å². The van der Waals surface area contributed by atoms with Gasteiger partial charge in [-0.1, -0.05) is 0 Å². The van der Waals surface area contributed by atoms with Crippen LogP contribution in [0.4, 0.5) is 0 Å². The molecule has 0 radical (unpaired) electrons. The Labute approximate surface area is 114 Å². The zero-order chi connectivity index (χ0) is 14.0. The third-order valence-corrected chi connectivity index (χ3v) is 3.08. The van der Waals surface area contributed by atoms with E-state index >= 15 is 0 Å². The molecule has 0 N–H and O–H groups in total. The molecule has 0 unspecified atom stereocenters. The fraction of sp³-hybridized carbons (Fsp3) is 0.400. The fourth-order valence-corrected chi connectivity index (χ4v) is 1.89. The predicted octanol–water partition coefficient (Wildman–Crippen LogP) is 2.54. The summed E-state index contributed by atoms with van der Waals surface area (Å²) in [5, 5.41) is 0. The summed E-state index contributed by atoms with van der Waals surface area (Å²) in [7, 11) is 3.34. The molecule has 0 saturated heterocycles. The highest BCUT2D eigenvalue weighted by Gasteiger charge is 2.21. The summed E-state index contributed by atoms with van der Waals surface area (Å²) >= 11 is 0. The minimum absolute atomic E-state index is 0.0529. The summed E-state index contributed by atoms with van der Waals surface area (Å²) in [5.74, 6) is 1.63. The molecule has 0 saturated carbocycles. The van der Waals surface area contributed by atoms with Gasteiger partial charge in [0.2, 0.25) is 6.33 Å². The largest absolute Gasteiger partial charge is 0.497 e. The summed E-state index contributed by atoms with van der Waals surface area (Å²) in [4.78, 5) is 0. The van der Waals surface area contributed by atoms with Crippen molar-refractivity contribution in [3.05, 3.63) is 36.9 Å². The van der Waals surface area contributed by atoms with E-state index in [1.807, 2.05) is 29.0 Å². The highest BCUT2D eigenvalue weighted by Crippen LogP contribution is 2.27. The Hall–Kier alpha value is -1.97. The summed E-state index contributed by atoms with van der Waals surface area (Å²) in [6.07, 6.45) is 6.12. The van der Waals surface area contributed by atoms with Crippen LogP contribution in [0.3, 0.4) is 0 Å². The Bertz CT molecular complexity index is 568. The van der Waals surface area contributed by atoms with Gasteiger partial charge in [0.15, 0.2) is 11.4 Å². The molecule has 2 aromatic rings. The summed E-state index contributed by atoms with van der Waals surface area (Å²) < 4.78 is 14.9. The van der Waals surface area contributed by atoms with Gasteiger partial charge >= 0.3 is 0 Å². The van der Waals surface area contributed by atoms with Crippen molar-refractivity contribution in [2.75, 3.05) is 14.2 Å². The maximum absolute atomic E-state index is 5.41. The molecule has 1 heterocycles. The molecule has 0 aliphatic rings. The van der Waals surface area contributed by atoms with E-state index in [4.69, 9.17) is 9.47 Å². The smallest absolute Gasteiger partial charge is 0.249 e. The SMILES string of the molecule is COc1ccc(OC)c(-n2cc[n+](C(C)(C)C)c2)c1. The number of benzene rings is 1. The number of aromatic nitrogens is 2. The molecule has 0 atom stereocenters. The van der Waals surface area contributed by atoms with Crippen molar-refractivity contribution >= 4 is 0 Å². The Morgan fingerprint density at radius 3 is 2.37 bits per heavy atom. The molecule has 0 aliphatic heterocycles. The third-order valence-electron chi connectivity index (χ3n) is 3.08. The number of ether oxygens (including phenoxy) is 2. The fourth-order valence-electron chi connectivity index (χ4n) is 1.89. The topological polar surface area (TPSA) is 27.3 Å². The molecule has 102 valence electrons. The normalized spacial score (nSPS) is 11.4. The minimum atomic E-state index is 0.0529. The summed E-state index contributed by atoms with van der Waals surface area (Å²) in [6.45, 7) is 6.50. The molecule has 0 amide bonds. The van der Waals surface area contributed by atoms with Gasteiger partial charge in [-0.3, -0.25) is 0 Å². The van der Waals surface area contributed by atoms with E-state index in [-0.39, 0.29) is 5.54 Å². The first-order chi connectivity index (χ1) is 8.95. The predicted molar refractivity (Wildman–Crippen MR) is 74.1 cm³/mol. The molecular weight excluding hydrogens is 240 g/mol. The lowest BCUT2D eigenvalue weighted by atomic mass is 10.1. The molecule has 0 aliphatic carbocycles. The van der Waals surface area contributed by atoms with E-state index in [2.05, 4.69) is 37.9 Å². The molecule has 0 bridgehead atoms. The van der Waals surface area contributed by atoms with Crippen LogP contribution < -0.4 is 14.0 Å². The Morgan fingerprint density at radius 2 is 1.84 bits per heavy atom. The van der Waals surface area contributed by atoms with E-state index in [0.717, 1.165) is 17.2 Å². The lowest BCUT2D eigenvalue weighted by Gasteiger charge is -2.13. The van der Waals surface area contributed by atoms with Gasteiger partial charge in [-0.2, -0.15) is 4.57 Å². The van der Waals surface area contributed by atoms with Crippen molar-refractivity contribution in [2.24, 2.45) is 0 Å². The van der Waals surface area contributed by atoms with Gasteiger partial charge in [-0.15, -0.1) is 0 Å². The molecule has 2 rings (SSSR count). The summed E-state index contributed by atoms with van der Waals surface area (Å²) in [5.41, 5.74) is 1.02. The van der Waals surface area contributed by atoms with Crippen molar-refractivity contribution in [3.8, 4) is 17.2 Å². The highest BCUT2D eigenvalue weighted by molar-refractivity contribution is 5.51. The second-order valence-corrected chi connectivity index (χ2v) is 5.44. The van der Waals surface area contributed by atoms with Gasteiger partial charge < -0.3 is 9.47 Å². The minimum Gasteiger partial charge on any atom is -0.497 e. The van der Waals surface area contributed by atoms with Gasteiger partial charge in [-0.05, 0) is 32.9 Å². The molecular formula is C15H21N2O2+. The third kappa shape index (κ3) is 2.72. The van der Waals surface area contributed by atoms with Gasteiger partial charge in [0.25, 0.3) is 0 Å². The maximum Gasteiger partial charge on any atom is 0.249 e. The van der Waals surface area contributed by atoms with Crippen LogP contribution in [0.1, 0.15) is 20.8 Å². The lowest BCUT2D eigenvalue weighted by molar-refractivity contribution is -0.753. The van der Waals surface area contributed by atoms with Gasteiger partial charge in [0.05, 0.1) is 14.2 Å². The molecule has 1 aromatic carbocycles. The number of nitrogens with zero attached hydrogens (tertiary/aromatic N) is 2. The van der Waals surface area contributed by atoms with Crippen LogP contribution in [0.2, 0.25) is 0 Å². The maximum atomic E-state index is 5.41. The molecule has 4 heteroatoms. The van der Waals surface area contributed by atoms with Crippen LogP contribution in [-0.2, 0) is 5.54 Å². The van der Waals surface area contributed by atoms with Gasteiger partial charge in [0, 0.05) is 6.07 Å². The van der Waals surface area contributed by atoms with Crippen LogP contribution in [0.25, 0.3) is 5.69 Å². The first-order valence-electron chi connectivity index (χ1n) is 6.28. The van der Waals surface area contributed by atoms with Crippen LogP contribution in [0, 0.1) is 0 Å². The first-order valence-corrected chi connectivity index (χ1v) is 6.28. The van der Waals surface area contributed by atoms with Crippen LogP contribution in [0.15, 0.2) is 36.9 Å². The zero-order valence-electron chi connectivity index (χ0n) is 12.2. The van der Waals surface area contributed by atoms with Crippen molar-refractivity contribution in [1.82, 2.24) is 4.57 Å². The monoisotopic (exact) mass is 261 g/mol. The van der Waals surface area contributed by atoms with Crippen LogP contribution in [0.5, 0.6) is 11.5 Å². The Kier molecular flexibility index (Phi) is 3.51. The van der Waals surface area contributed by atoms with Crippen molar-refractivity contribution in [3.63, 3.8) is 0 Å². The Balaban J connectivity index is 2.48. The standard InChI is InChI=1S/C15H21N2O2/c1-15(2,3)17-9-8-16(11-17)13-10-12(18-4)6-7-14(13)19-5/h6-11H,1-5H3/q+1. The molecule has 0 fully saturated rings. The van der Waals surface area contributed by atoms with Crippen molar-refractivity contribution in [2.45, 2.75) is 26.3 Å². The van der Waals surface area contributed by atoms with E-state index in [1.165, 1.54) is 0 Å². The van der Waals surface area contributed by atoms with Crippen LogP contribution >= 0.6 is 0 Å². The molecule has 1 aromatic heterocycles. The molecule has 0 spiro atoms. The second kappa shape index (κ2) is 4.96. The van der Waals surface area contributed by atoms with Crippen LogP contribution in [-0.4, -0.2) is 18.8 Å². The van der Waals surface area contributed by atoms with E-state index < -0.39 is 0 Å². The number of rotatable bonds is 3. The quantitative estimate of drug-likeness (QED) is 0.794. The lowest BCUT2D eigenvalue weighted by Crippen LogP contribution is -2.48. The summed E-state index contributed by atoms with van der Waals surface area (Å²) in [6, 6.07) is 5.77. The number of hydrogen-bond acceptors (Lipinski definition) is 2. The van der Waals surface area contributed by atoms with E-state index in [1.54, 1.807) is 14.2 Å². The average molecular weight is 261 g/mol. The average Bonchev–Trinajstić information content (AvgIpc) is 2.87.